The van der Waals surface area contributed by atoms with E-state index in [9.17, 15) is 9.59 Å². The fraction of sp³-hybridized carbons (Fsp3) is 0.517. The average molecular weight is 492 g/mol. The lowest BCUT2D eigenvalue weighted by Crippen LogP contribution is -2.39. The summed E-state index contributed by atoms with van der Waals surface area (Å²) in [6.07, 6.45) is 9.53. The number of aromatic amines is 1. The summed E-state index contributed by atoms with van der Waals surface area (Å²) >= 11 is 0. The number of carbonyl (C=O) groups excluding carboxylic acids is 1. The van der Waals surface area contributed by atoms with Crippen LogP contribution in [0.1, 0.15) is 70.9 Å². The molecule has 2 aromatic rings. The maximum atomic E-state index is 13.6. The number of carbonyl (C=O) groups is 1. The Balaban J connectivity index is 1.51. The summed E-state index contributed by atoms with van der Waals surface area (Å²) in [7, 11) is 4.10. The summed E-state index contributed by atoms with van der Waals surface area (Å²) in [5.74, 6) is 3.26. The van der Waals surface area contributed by atoms with Gasteiger partial charge < -0.3 is 24.3 Å². The van der Waals surface area contributed by atoms with Crippen molar-refractivity contribution in [3.05, 3.63) is 56.0 Å². The van der Waals surface area contributed by atoms with Crippen LogP contribution in [0.25, 0.3) is 0 Å². The second kappa shape index (κ2) is 10.0. The predicted octanol–water partition coefficient (Wildman–Crippen LogP) is 4.11. The molecular weight excluding hydrogens is 454 g/mol. The molecule has 0 aliphatic carbocycles. The van der Waals surface area contributed by atoms with E-state index in [-0.39, 0.29) is 18.0 Å². The fourth-order valence-corrected chi connectivity index (χ4v) is 5.38. The summed E-state index contributed by atoms with van der Waals surface area (Å²) in [4.78, 5) is 32.9. The van der Waals surface area contributed by atoms with Crippen molar-refractivity contribution in [2.75, 3.05) is 20.6 Å². The highest BCUT2D eigenvalue weighted by atomic mass is 16.7. The maximum absolute atomic E-state index is 13.6. The number of aryl methyl sites for hydroxylation is 2. The van der Waals surface area contributed by atoms with Crippen molar-refractivity contribution in [3.63, 3.8) is 0 Å². The Labute approximate surface area is 213 Å². The summed E-state index contributed by atoms with van der Waals surface area (Å²) in [6.45, 7) is 8.49. The number of H-pyrrole nitrogens is 1. The minimum atomic E-state index is -0.779. The molecule has 2 atom stereocenters. The van der Waals surface area contributed by atoms with Crippen LogP contribution in [0.3, 0.4) is 0 Å². The number of hydrogen-bond donors (Lipinski definition) is 1. The molecule has 1 aromatic carbocycles. The van der Waals surface area contributed by atoms with Gasteiger partial charge in [-0.25, -0.2) is 0 Å². The Kier molecular flexibility index (Phi) is 7.19. The molecule has 0 bridgehead atoms. The van der Waals surface area contributed by atoms with Crippen LogP contribution in [0.5, 0.6) is 11.5 Å². The number of ether oxygens (including phenoxy) is 2. The normalized spacial score (nSPS) is 19.4. The van der Waals surface area contributed by atoms with Gasteiger partial charge >= 0.3 is 0 Å². The zero-order valence-electron chi connectivity index (χ0n) is 22.3. The van der Waals surface area contributed by atoms with E-state index in [1.807, 2.05) is 53.9 Å². The van der Waals surface area contributed by atoms with Crippen molar-refractivity contribution in [3.8, 4) is 23.8 Å². The SMILES string of the molecule is C#CC[C@@H](CCCC1(C)Oc2cc3c(c(C)c2O1)C(=O)N(Cc1c(C)cc(C)[nH]c1=O)CC3)N(C)C. The Morgan fingerprint density at radius 2 is 1.97 bits per heavy atom. The molecule has 1 unspecified atom stereocenters. The molecule has 1 amide bonds. The first-order valence-electron chi connectivity index (χ1n) is 12.7. The van der Waals surface area contributed by atoms with Gasteiger partial charge in [-0.1, -0.05) is 0 Å². The summed E-state index contributed by atoms with van der Waals surface area (Å²) in [6, 6.07) is 4.23. The molecule has 0 fully saturated rings. The molecule has 7 heteroatoms. The number of rotatable bonds is 8. The second-order valence-corrected chi connectivity index (χ2v) is 10.5. The zero-order valence-corrected chi connectivity index (χ0v) is 22.3. The molecular formula is C29H37N3O4. The van der Waals surface area contributed by atoms with Gasteiger partial charge in [0, 0.05) is 54.7 Å². The first-order valence-corrected chi connectivity index (χ1v) is 12.7. The lowest BCUT2D eigenvalue weighted by Gasteiger charge is -2.30. The van der Waals surface area contributed by atoms with E-state index in [0.717, 1.165) is 41.6 Å². The third kappa shape index (κ3) is 5.01. The van der Waals surface area contributed by atoms with Crippen LogP contribution < -0.4 is 15.0 Å². The molecule has 7 nitrogen and oxygen atoms in total. The van der Waals surface area contributed by atoms with Gasteiger partial charge in [-0.3, -0.25) is 9.59 Å². The Hall–Kier alpha value is -3.24. The van der Waals surface area contributed by atoms with E-state index in [2.05, 4.69) is 15.8 Å². The van der Waals surface area contributed by atoms with Crippen molar-refractivity contribution in [1.29, 1.82) is 0 Å². The molecule has 1 N–H and O–H groups in total. The summed E-state index contributed by atoms with van der Waals surface area (Å²) < 4.78 is 12.6. The molecule has 3 heterocycles. The standard InChI is InChI=1S/C29H37N3O4/c1-8-10-22(31(6)7)11-9-13-29(5)35-24-16-21-12-14-32(28(34)25(21)20(4)26(24)36-29)17-23-18(2)15-19(3)30-27(23)33/h1,15-16,22H,9-14,17H2,2-7H3,(H,30,33)/t22-,29?/m0/s1. The van der Waals surface area contributed by atoms with Crippen molar-refractivity contribution >= 4 is 5.91 Å². The number of terminal acetylenes is 1. The summed E-state index contributed by atoms with van der Waals surface area (Å²) in [5.41, 5.74) is 4.64. The highest BCUT2D eigenvalue weighted by Gasteiger charge is 2.40. The van der Waals surface area contributed by atoms with Gasteiger partial charge in [-0.05, 0) is 77.4 Å². The van der Waals surface area contributed by atoms with E-state index in [1.54, 1.807) is 4.90 Å². The number of nitrogens with one attached hydrogen (secondary N) is 1. The van der Waals surface area contributed by atoms with E-state index in [4.69, 9.17) is 15.9 Å². The molecule has 0 radical (unpaired) electrons. The van der Waals surface area contributed by atoms with Gasteiger partial charge in [0.2, 0.25) is 5.79 Å². The number of nitrogens with zero attached hydrogens (tertiary/aromatic N) is 2. The molecule has 192 valence electrons. The molecule has 2 aliphatic rings. The first kappa shape index (κ1) is 25.8. The molecule has 0 spiro atoms. The summed E-state index contributed by atoms with van der Waals surface area (Å²) in [5, 5.41) is 0. The average Bonchev–Trinajstić information content (AvgIpc) is 3.13. The number of aromatic nitrogens is 1. The second-order valence-electron chi connectivity index (χ2n) is 10.5. The highest BCUT2D eigenvalue weighted by Crippen LogP contribution is 2.47. The van der Waals surface area contributed by atoms with E-state index < -0.39 is 5.79 Å². The number of pyridine rings is 1. The fourth-order valence-electron chi connectivity index (χ4n) is 5.38. The Bertz CT molecular complexity index is 1270. The minimum Gasteiger partial charge on any atom is -0.449 e. The van der Waals surface area contributed by atoms with Gasteiger partial charge in [0.15, 0.2) is 11.5 Å². The van der Waals surface area contributed by atoms with Crippen LogP contribution in [-0.4, -0.2) is 53.2 Å². The van der Waals surface area contributed by atoms with Gasteiger partial charge in [-0.15, -0.1) is 12.3 Å². The van der Waals surface area contributed by atoms with Gasteiger partial charge in [0.1, 0.15) is 0 Å². The van der Waals surface area contributed by atoms with Gasteiger partial charge in [0.25, 0.3) is 11.5 Å². The number of hydrogen-bond acceptors (Lipinski definition) is 5. The smallest absolute Gasteiger partial charge is 0.254 e. The van der Waals surface area contributed by atoms with Crippen LogP contribution in [-0.2, 0) is 13.0 Å². The van der Waals surface area contributed by atoms with E-state index in [0.29, 0.717) is 48.1 Å². The molecule has 36 heavy (non-hydrogen) atoms. The maximum Gasteiger partial charge on any atom is 0.254 e. The minimum absolute atomic E-state index is 0.0729. The first-order chi connectivity index (χ1) is 17.0. The quantitative estimate of drug-likeness (QED) is 0.563. The van der Waals surface area contributed by atoms with Crippen LogP contribution in [0.4, 0.5) is 0 Å². The number of fused-ring (bicyclic) bond motifs is 2. The zero-order chi connectivity index (χ0) is 26.2. The van der Waals surface area contributed by atoms with E-state index >= 15 is 0 Å². The Morgan fingerprint density at radius 1 is 1.22 bits per heavy atom. The van der Waals surface area contributed by atoms with Crippen LogP contribution >= 0.6 is 0 Å². The molecule has 2 aliphatic heterocycles. The molecule has 4 rings (SSSR count). The molecule has 0 saturated carbocycles. The number of amides is 1. The lowest BCUT2D eigenvalue weighted by molar-refractivity contribution is -0.0705. The monoisotopic (exact) mass is 491 g/mol. The van der Waals surface area contributed by atoms with Crippen molar-refractivity contribution < 1.29 is 14.3 Å². The lowest BCUT2D eigenvalue weighted by atomic mass is 9.93. The van der Waals surface area contributed by atoms with Gasteiger partial charge in [-0.2, -0.15) is 0 Å². The third-order valence-corrected chi connectivity index (χ3v) is 7.46. The van der Waals surface area contributed by atoms with Crippen LogP contribution in [0, 0.1) is 33.1 Å². The molecule has 1 aromatic heterocycles. The van der Waals surface area contributed by atoms with Crippen molar-refractivity contribution in [2.24, 2.45) is 0 Å². The van der Waals surface area contributed by atoms with Gasteiger partial charge in [0.05, 0.1) is 6.54 Å². The van der Waals surface area contributed by atoms with Crippen molar-refractivity contribution in [2.45, 2.75) is 78.2 Å². The Morgan fingerprint density at radius 3 is 2.64 bits per heavy atom. The number of benzene rings is 1. The van der Waals surface area contributed by atoms with Crippen molar-refractivity contribution in [1.82, 2.24) is 14.8 Å². The molecule has 0 saturated heterocycles. The highest BCUT2D eigenvalue weighted by molar-refractivity contribution is 5.99. The van der Waals surface area contributed by atoms with Crippen LogP contribution in [0.15, 0.2) is 16.9 Å². The van der Waals surface area contributed by atoms with E-state index in [1.165, 1.54) is 0 Å². The topological polar surface area (TPSA) is 74.9 Å². The predicted molar refractivity (Wildman–Crippen MR) is 141 cm³/mol. The largest absolute Gasteiger partial charge is 0.449 e. The third-order valence-electron chi connectivity index (χ3n) is 7.46. The van der Waals surface area contributed by atoms with Crippen LogP contribution in [0.2, 0.25) is 0 Å².